The summed E-state index contributed by atoms with van der Waals surface area (Å²) in [5.74, 6) is 1.79. The van der Waals surface area contributed by atoms with Crippen LogP contribution in [-0.2, 0) is 0 Å². The fraction of sp³-hybridized carbons (Fsp3) is 0.455. The molecule has 2 aliphatic heterocycles. The van der Waals surface area contributed by atoms with Crippen molar-refractivity contribution in [1.29, 1.82) is 0 Å². The number of piperazine rings is 1. The summed E-state index contributed by atoms with van der Waals surface area (Å²) in [7, 11) is 0. The van der Waals surface area contributed by atoms with E-state index in [0.717, 1.165) is 36.2 Å². The second-order valence-electron chi connectivity index (χ2n) is 8.30. The van der Waals surface area contributed by atoms with Gasteiger partial charge in [-0.25, -0.2) is 9.67 Å². The van der Waals surface area contributed by atoms with Gasteiger partial charge in [-0.3, -0.25) is 4.79 Å². The van der Waals surface area contributed by atoms with Crippen LogP contribution in [0.2, 0.25) is 0 Å². The van der Waals surface area contributed by atoms with E-state index in [4.69, 9.17) is 4.98 Å². The van der Waals surface area contributed by atoms with E-state index >= 15 is 0 Å². The van der Waals surface area contributed by atoms with Crippen molar-refractivity contribution in [1.82, 2.24) is 35.1 Å². The van der Waals surface area contributed by atoms with Crippen LogP contribution < -0.4 is 9.80 Å². The van der Waals surface area contributed by atoms with E-state index in [2.05, 4.69) is 36.4 Å². The Morgan fingerprint density at radius 1 is 0.906 bits per heavy atom. The lowest BCUT2D eigenvalue weighted by atomic mass is 10.1. The molecule has 10 nitrogen and oxygen atoms in total. The predicted octanol–water partition coefficient (Wildman–Crippen LogP) is 1.71. The number of anilines is 2. The monoisotopic (exact) mass is 433 g/mol. The number of hydrogen-bond donors (Lipinski definition) is 0. The molecule has 0 radical (unpaired) electrons. The van der Waals surface area contributed by atoms with Crippen molar-refractivity contribution < 1.29 is 4.79 Å². The van der Waals surface area contributed by atoms with Gasteiger partial charge in [0.15, 0.2) is 0 Å². The molecule has 166 valence electrons. The molecule has 2 saturated heterocycles. The van der Waals surface area contributed by atoms with E-state index in [0.29, 0.717) is 31.7 Å². The van der Waals surface area contributed by atoms with E-state index in [-0.39, 0.29) is 5.91 Å². The number of benzene rings is 1. The molecule has 2 aliphatic rings. The normalized spacial score (nSPS) is 17.0. The highest BCUT2D eigenvalue weighted by atomic mass is 16.2. The zero-order chi connectivity index (χ0) is 21.9. The Morgan fingerprint density at radius 3 is 2.47 bits per heavy atom. The fourth-order valence-electron chi connectivity index (χ4n) is 4.32. The molecule has 0 aliphatic carbocycles. The third-order valence-corrected chi connectivity index (χ3v) is 6.07. The molecule has 2 fully saturated rings. The fourth-order valence-corrected chi connectivity index (χ4v) is 4.32. The van der Waals surface area contributed by atoms with Crippen LogP contribution in [0.4, 0.5) is 11.8 Å². The molecule has 0 spiro atoms. The highest BCUT2D eigenvalue weighted by Gasteiger charge is 2.25. The van der Waals surface area contributed by atoms with Gasteiger partial charge in [-0.05, 0) is 54.8 Å². The van der Waals surface area contributed by atoms with Crippen LogP contribution in [0, 0.1) is 6.92 Å². The van der Waals surface area contributed by atoms with E-state index in [1.165, 1.54) is 25.6 Å². The standard InChI is InChI=1S/C22H27N9O/c1-17-14-20(28-8-3-2-4-9-28)25-22(24-17)30-12-10-29(11-13-30)21(32)18-6-5-7-19(15-18)31-16-23-26-27-31/h5-7,14-16H,2-4,8-13H2,1H3. The number of piperidine rings is 1. The molecule has 0 bridgehead atoms. The lowest BCUT2D eigenvalue weighted by Crippen LogP contribution is -2.49. The van der Waals surface area contributed by atoms with Crippen molar-refractivity contribution >= 4 is 17.7 Å². The lowest BCUT2D eigenvalue weighted by molar-refractivity contribution is 0.0746. The minimum Gasteiger partial charge on any atom is -0.356 e. The first kappa shape index (κ1) is 20.3. The van der Waals surface area contributed by atoms with Gasteiger partial charge in [0, 0.05) is 56.6 Å². The molecule has 1 aromatic carbocycles. The maximum absolute atomic E-state index is 13.1. The molecule has 4 heterocycles. The summed E-state index contributed by atoms with van der Waals surface area (Å²) in [5, 5.41) is 11.2. The highest BCUT2D eigenvalue weighted by molar-refractivity contribution is 5.95. The Kier molecular flexibility index (Phi) is 5.66. The molecule has 0 saturated carbocycles. The van der Waals surface area contributed by atoms with Crippen LogP contribution in [-0.4, -0.2) is 80.3 Å². The SMILES string of the molecule is Cc1cc(N2CCCCC2)nc(N2CCN(C(=O)c3cccc(-n4cnnn4)c3)CC2)n1. The first-order chi connectivity index (χ1) is 15.7. The largest absolute Gasteiger partial charge is 0.356 e. The Hall–Kier alpha value is -3.56. The first-order valence-electron chi connectivity index (χ1n) is 11.2. The van der Waals surface area contributed by atoms with E-state index < -0.39 is 0 Å². The van der Waals surface area contributed by atoms with Gasteiger partial charge >= 0.3 is 0 Å². The quantitative estimate of drug-likeness (QED) is 0.614. The van der Waals surface area contributed by atoms with Crippen LogP contribution in [0.15, 0.2) is 36.7 Å². The summed E-state index contributed by atoms with van der Waals surface area (Å²) in [6.45, 7) is 6.82. The number of amides is 1. The molecule has 32 heavy (non-hydrogen) atoms. The van der Waals surface area contributed by atoms with Gasteiger partial charge in [-0.15, -0.1) is 5.10 Å². The van der Waals surface area contributed by atoms with Crippen molar-refractivity contribution in [2.45, 2.75) is 26.2 Å². The Labute approximate surface area is 186 Å². The van der Waals surface area contributed by atoms with Crippen LogP contribution in [0.3, 0.4) is 0 Å². The molecular weight excluding hydrogens is 406 g/mol. The number of aryl methyl sites for hydroxylation is 1. The van der Waals surface area contributed by atoms with Crippen LogP contribution >= 0.6 is 0 Å². The third-order valence-electron chi connectivity index (χ3n) is 6.07. The molecule has 1 amide bonds. The Balaban J connectivity index is 1.26. The smallest absolute Gasteiger partial charge is 0.254 e. The Bertz CT molecular complexity index is 1070. The van der Waals surface area contributed by atoms with Gasteiger partial charge < -0.3 is 14.7 Å². The number of nitrogens with zero attached hydrogens (tertiary/aromatic N) is 9. The van der Waals surface area contributed by atoms with Gasteiger partial charge in [0.05, 0.1) is 5.69 Å². The number of carbonyl (C=O) groups excluding carboxylic acids is 1. The van der Waals surface area contributed by atoms with Gasteiger partial charge in [-0.2, -0.15) is 4.98 Å². The zero-order valence-corrected chi connectivity index (χ0v) is 18.3. The van der Waals surface area contributed by atoms with Gasteiger partial charge in [0.25, 0.3) is 5.91 Å². The van der Waals surface area contributed by atoms with Crippen molar-refractivity contribution in [3.63, 3.8) is 0 Å². The van der Waals surface area contributed by atoms with Crippen LogP contribution in [0.25, 0.3) is 5.69 Å². The van der Waals surface area contributed by atoms with E-state index in [1.54, 1.807) is 4.68 Å². The van der Waals surface area contributed by atoms with Crippen molar-refractivity contribution in [2.75, 3.05) is 49.1 Å². The minimum absolute atomic E-state index is 0.0127. The molecule has 10 heteroatoms. The summed E-state index contributed by atoms with van der Waals surface area (Å²) in [6, 6.07) is 9.45. The molecule has 3 aromatic rings. The molecule has 0 N–H and O–H groups in total. The summed E-state index contributed by atoms with van der Waals surface area (Å²) in [4.78, 5) is 29.1. The van der Waals surface area contributed by atoms with Crippen molar-refractivity contribution in [2.24, 2.45) is 0 Å². The number of aromatic nitrogens is 6. The van der Waals surface area contributed by atoms with E-state index in [9.17, 15) is 4.79 Å². The van der Waals surface area contributed by atoms with Crippen molar-refractivity contribution in [3.8, 4) is 5.69 Å². The van der Waals surface area contributed by atoms with Gasteiger partial charge in [0.1, 0.15) is 12.1 Å². The number of hydrogen-bond acceptors (Lipinski definition) is 8. The average molecular weight is 434 g/mol. The van der Waals surface area contributed by atoms with Crippen LogP contribution in [0.1, 0.15) is 35.3 Å². The minimum atomic E-state index is 0.0127. The van der Waals surface area contributed by atoms with Gasteiger partial charge in [-0.1, -0.05) is 6.07 Å². The lowest BCUT2D eigenvalue weighted by Gasteiger charge is -2.35. The average Bonchev–Trinajstić information content (AvgIpc) is 3.39. The molecule has 5 rings (SSSR count). The van der Waals surface area contributed by atoms with E-state index in [1.807, 2.05) is 36.1 Å². The summed E-state index contributed by atoms with van der Waals surface area (Å²) < 4.78 is 1.55. The zero-order valence-electron chi connectivity index (χ0n) is 18.3. The highest BCUT2D eigenvalue weighted by Crippen LogP contribution is 2.22. The van der Waals surface area contributed by atoms with Crippen molar-refractivity contribution in [3.05, 3.63) is 47.9 Å². The predicted molar refractivity (Wildman–Crippen MR) is 120 cm³/mol. The second kappa shape index (κ2) is 8.89. The summed E-state index contributed by atoms with van der Waals surface area (Å²) >= 11 is 0. The van der Waals surface area contributed by atoms with Crippen LogP contribution in [0.5, 0.6) is 0 Å². The topological polar surface area (TPSA) is 96.2 Å². The number of carbonyl (C=O) groups is 1. The maximum atomic E-state index is 13.1. The molecular formula is C22H27N9O. The summed E-state index contributed by atoms with van der Waals surface area (Å²) in [6.07, 6.45) is 5.24. The number of rotatable bonds is 4. The Morgan fingerprint density at radius 2 is 1.72 bits per heavy atom. The molecule has 2 aromatic heterocycles. The van der Waals surface area contributed by atoms with Gasteiger partial charge in [0.2, 0.25) is 5.95 Å². The second-order valence-corrected chi connectivity index (χ2v) is 8.30. The molecule has 0 atom stereocenters. The third kappa shape index (κ3) is 4.25. The number of tetrazole rings is 1. The first-order valence-corrected chi connectivity index (χ1v) is 11.2. The maximum Gasteiger partial charge on any atom is 0.254 e. The summed E-state index contributed by atoms with van der Waals surface area (Å²) in [5.41, 5.74) is 2.37. The molecule has 0 unspecified atom stereocenters.